The van der Waals surface area contributed by atoms with Gasteiger partial charge in [0.25, 0.3) is 5.91 Å². The lowest BCUT2D eigenvalue weighted by molar-refractivity contribution is -0.117. The highest BCUT2D eigenvalue weighted by Gasteiger charge is 2.33. The standard InChI is InChI=1S/C14H11ClFN3O3S/c15-8-1-4-10(5-2-8)17-14(20)13-18-11-7-9(16)3-6-12(11)23(21,22)19-13/h1-7,13,18-19H,(H,17,20)/t13-/m0/s1. The van der Waals surface area contributed by atoms with Crippen LogP contribution in [0.5, 0.6) is 0 Å². The summed E-state index contributed by atoms with van der Waals surface area (Å²) >= 11 is 5.75. The molecule has 3 N–H and O–H groups in total. The summed E-state index contributed by atoms with van der Waals surface area (Å²) in [5, 5.41) is 5.70. The zero-order chi connectivity index (χ0) is 16.6. The van der Waals surface area contributed by atoms with Gasteiger partial charge >= 0.3 is 0 Å². The van der Waals surface area contributed by atoms with Crippen LogP contribution in [0.3, 0.4) is 0 Å². The van der Waals surface area contributed by atoms with Crippen molar-refractivity contribution in [2.45, 2.75) is 11.1 Å². The number of fused-ring (bicyclic) bond motifs is 1. The van der Waals surface area contributed by atoms with Crippen LogP contribution in [-0.4, -0.2) is 20.5 Å². The van der Waals surface area contributed by atoms with Crippen molar-refractivity contribution in [3.8, 4) is 0 Å². The lowest BCUT2D eigenvalue weighted by Crippen LogP contribution is -2.51. The zero-order valence-corrected chi connectivity index (χ0v) is 13.1. The molecule has 0 unspecified atom stereocenters. The molecule has 0 fully saturated rings. The fourth-order valence-corrected chi connectivity index (χ4v) is 3.50. The highest BCUT2D eigenvalue weighted by Crippen LogP contribution is 2.27. The number of carbonyl (C=O) groups excluding carboxylic acids is 1. The molecule has 0 bridgehead atoms. The number of halogens is 2. The average Bonchev–Trinajstić information content (AvgIpc) is 2.48. The van der Waals surface area contributed by atoms with Crippen molar-refractivity contribution in [2.75, 3.05) is 10.6 Å². The molecule has 0 aromatic heterocycles. The van der Waals surface area contributed by atoms with E-state index in [9.17, 15) is 17.6 Å². The molecule has 0 spiro atoms. The highest BCUT2D eigenvalue weighted by atomic mass is 35.5. The van der Waals surface area contributed by atoms with E-state index in [0.717, 1.165) is 18.2 Å². The van der Waals surface area contributed by atoms with Crippen LogP contribution in [-0.2, 0) is 14.8 Å². The van der Waals surface area contributed by atoms with Crippen molar-refractivity contribution in [3.05, 3.63) is 53.3 Å². The molecule has 1 atom stereocenters. The minimum absolute atomic E-state index is 0.0278. The number of anilines is 2. The first-order chi connectivity index (χ1) is 10.8. The Morgan fingerprint density at radius 3 is 2.57 bits per heavy atom. The van der Waals surface area contributed by atoms with E-state index in [1.165, 1.54) is 0 Å². The quantitative estimate of drug-likeness (QED) is 0.770. The Hall–Kier alpha value is -2.16. The zero-order valence-electron chi connectivity index (χ0n) is 11.5. The molecule has 9 heteroatoms. The molecule has 2 aromatic rings. The third-order valence-electron chi connectivity index (χ3n) is 3.18. The molecule has 23 heavy (non-hydrogen) atoms. The number of amides is 1. The van der Waals surface area contributed by atoms with Crippen molar-refractivity contribution < 1.29 is 17.6 Å². The van der Waals surface area contributed by atoms with Gasteiger partial charge in [-0.1, -0.05) is 11.6 Å². The lowest BCUT2D eigenvalue weighted by Gasteiger charge is -2.27. The number of nitrogens with one attached hydrogen (secondary N) is 3. The topological polar surface area (TPSA) is 87.3 Å². The van der Waals surface area contributed by atoms with Crippen LogP contribution in [0, 0.1) is 5.82 Å². The largest absolute Gasteiger partial charge is 0.360 e. The maximum Gasteiger partial charge on any atom is 0.262 e. The van der Waals surface area contributed by atoms with Crippen LogP contribution in [0.2, 0.25) is 5.02 Å². The van der Waals surface area contributed by atoms with Crippen LogP contribution in [0.4, 0.5) is 15.8 Å². The number of benzene rings is 2. The molecule has 1 heterocycles. The Labute approximate surface area is 136 Å². The van der Waals surface area contributed by atoms with Crippen LogP contribution in [0.25, 0.3) is 0 Å². The molecule has 2 aromatic carbocycles. The fraction of sp³-hybridized carbons (Fsp3) is 0.0714. The van der Waals surface area contributed by atoms with E-state index in [4.69, 9.17) is 11.6 Å². The van der Waals surface area contributed by atoms with Gasteiger partial charge in [0.2, 0.25) is 10.0 Å². The van der Waals surface area contributed by atoms with E-state index in [1.54, 1.807) is 24.3 Å². The van der Waals surface area contributed by atoms with E-state index in [0.29, 0.717) is 10.7 Å². The number of hydrogen-bond acceptors (Lipinski definition) is 4. The normalized spacial score (nSPS) is 18.6. The summed E-state index contributed by atoms with van der Waals surface area (Å²) < 4.78 is 39.7. The molecule has 0 aliphatic carbocycles. The second kappa shape index (κ2) is 5.80. The number of hydrogen-bond donors (Lipinski definition) is 3. The monoisotopic (exact) mass is 355 g/mol. The summed E-state index contributed by atoms with van der Waals surface area (Å²) in [7, 11) is -3.91. The van der Waals surface area contributed by atoms with Crippen molar-refractivity contribution in [2.24, 2.45) is 0 Å². The van der Waals surface area contributed by atoms with Gasteiger partial charge in [-0.05, 0) is 42.5 Å². The van der Waals surface area contributed by atoms with Gasteiger partial charge in [-0.15, -0.1) is 0 Å². The molecule has 0 saturated heterocycles. The molecule has 6 nitrogen and oxygen atoms in total. The van der Waals surface area contributed by atoms with Gasteiger partial charge in [0.15, 0.2) is 6.17 Å². The van der Waals surface area contributed by atoms with E-state index in [-0.39, 0.29) is 10.6 Å². The molecular formula is C14H11ClFN3O3S. The van der Waals surface area contributed by atoms with Gasteiger partial charge in [0, 0.05) is 10.7 Å². The third kappa shape index (κ3) is 3.29. The molecule has 120 valence electrons. The first kappa shape index (κ1) is 15.7. The number of sulfonamides is 1. The van der Waals surface area contributed by atoms with E-state index in [2.05, 4.69) is 15.4 Å². The molecule has 0 radical (unpaired) electrons. The lowest BCUT2D eigenvalue weighted by atomic mass is 10.2. The Kier molecular flexibility index (Phi) is 3.97. The van der Waals surface area contributed by atoms with Crippen molar-refractivity contribution >= 4 is 38.9 Å². The maximum atomic E-state index is 13.3. The first-order valence-corrected chi connectivity index (χ1v) is 8.36. The highest BCUT2D eigenvalue weighted by molar-refractivity contribution is 7.89. The second-order valence-electron chi connectivity index (χ2n) is 4.84. The molecule has 1 aliphatic rings. The SMILES string of the molecule is O=C(Nc1ccc(Cl)cc1)[C@H]1Nc2cc(F)ccc2S(=O)(=O)N1. The van der Waals surface area contributed by atoms with Crippen LogP contribution in [0.1, 0.15) is 0 Å². The smallest absolute Gasteiger partial charge is 0.262 e. The summed E-state index contributed by atoms with van der Waals surface area (Å²) in [5.74, 6) is -1.24. The fourth-order valence-electron chi connectivity index (χ4n) is 2.12. The Balaban J connectivity index is 1.84. The third-order valence-corrected chi connectivity index (χ3v) is 4.91. The molecule has 1 amide bonds. The van der Waals surface area contributed by atoms with Gasteiger partial charge < -0.3 is 10.6 Å². The molecule has 3 rings (SSSR count). The minimum atomic E-state index is -3.91. The van der Waals surface area contributed by atoms with E-state index in [1.807, 2.05) is 0 Å². The van der Waals surface area contributed by atoms with Crippen molar-refractivity contribution in [3.63, 3.8) is 0 Å². The predicted molar refractivity (Wildman–Crippen MR) is 84.2 cm³/mol. The van der Waals surface area contributed by atoms with Gasteiger partial charge in [-0.2, -0.15) is 4.72 Å². The molecular weight excluding hydrogens is 345 g/mol. The Morgan fingerprint density at radius 1 is 1.17 bits per heavy atom. The Bertz CT molecular complexity index is 871. The first-order valence-electron chi connectivity index (χ1n) is 6.50. The maximum absolute atomic E-state index is 13.3. The summed E-state index contributed by atoms with van der Waals surface area (Å²) in [4.78, 5) is 12.1. The molecule has 1 aliphatic heterocycles. The second-order valence-corrected chi connectivity index (χ2v) is 6.95. The van der Waals surface area contributed by atoms with Gasteiger partial charge in [0.05, 0.1) is 5.69 Å². The summed E-state index contributed by atoms with van der Waals surface area (Å²) in [6.45, 7) is 0. The van der Waals surface area contributed by atoms with Gasteiger partial charge in [0.1, 0.15) is 10.7 Å². The van der Waals surface area contributed by atoms with Gasteiger partial charge in [-0.25, -0.2) is 12.8 Å². The van der Waals surface area contributed by atoms with Crippen LogP contribution < -0.4 is 15.4 Å². The average molecular weight is 356 g/mol. The van der Waals surface area contributed by atoms with E-state index < -0.39 is 27.9 Å². The Morgan fingerprint density at radius 2 is 1.87 bits per heavy atom. The van der Waals surface area contributed by atoms with Gasteiger partial charge in [-0.3, -0.25) is 4.79 Å². The van der Waals surface area contributed by atoms with E-state index >= 15 is 0 Å². The van der Waals surface area contributed by atoms with Crippen LogP contribution >= 0.6 is 11.6 Å². The summed E-state index contributed by atoms with van der Waals surface area (Å²) in [6, 6.07) is 9.51. The summed E-state index contributed by atoms with van der Waals surface area (Å²) in [6.07, 6.45) is -1.26. The number of carbonyl (C=O) groups is 1. The minimum Gasteiger partial charge on any atom is -0.360 e. The molecule has 0 saturated carbocycles. The number of rotatable bonds is 2. The van der Waals surface area contributed by atoms with Crippen molar-refractivity contribution in [1.29, 1.82) is 0 Å². The van der Waals surface area contributed by atoms with Crippen LogP contribution in [0.15, 0.2) is 47.4 Å². The predicted octanol–water partition coefficient (Wildman–Crippen LogP) is 2.15. The summed E-state index contributed by atoms with van der Waals surface area (Å²) in [5.41, 5.74) is 0.477. The van der Waals surface area contributed by atoms with Crippen molar-refractivity contribution in [1.82, 2.24) is 4.72 Å².